The van der Waals surface area contributed by atoms with Gasteiger partial charge in [-0.15, -0.1) is 0 Å². The number of carbonyl (C=O) groups excluding carboxylic acids is 2. The second-order valence-corrected chi connectivity index (χ2v) is 8.29. The van der Waals surface area contributed by atoms with Crippen molar-refractivity contribution < 1.29 is 14.3 Å². The molecule has 1 N–H and O–H groups in total. The smallest absolute Gasteiger partial charge is 0.355 e. The molecule has 1 aromatic carbocycles. The molecular formula is C22H24ClNO3. The first-order valence-corrected chi connectivity index (χ1v) is 10.0. The van der Waals surface area contributed by atoms with E-state index in [1.54, 1.807) is 0 Å². The highest BCUT2D eigenvalue weighted by Crippen LogP contribution is 2.38. The standard InChI is InChI=1S/C22H24ClNO3/c1-12-6-5-9-19(12)27-22(26)21-13(2)20-17(24-21)10-14(11-18(20)25)15-7-3-4-8-16(15)23/h3-4,7-8,12,14,19,24H,5-6,9-11H2,1-2H3. The first-order valence-electron chi connectivity index (χ1n) is 9.65. The lowest BCUT2D eigenvalue weighted by Gasteiger charge is -2.22. The molecule has 0 spiro atoms. The van der Waals surface area contributed by atoms with Gasteiger partial charge in [-0.05, 0) is 61.6 Å². The molecule has 0 aliphatic heterocycles. The predicted octanol–water partition coefficient (Wildman–Crippen LogP) is 5.23. The summed E-state index contributed by atoms with van der Waals surface area (Å²) in [7, 11) is 0. The van der Waals surface area contributed by atoms with Gasteiger partial charge in [0.05, 0.1) is 0 Å². The fraction of sp³-hybridized carbons (Fsp3) is 0.455. The molecule has 1 fully saturated rings. The van der Waals surface area contributed by atoms with E-state index in [1.165, 1.54) is 0 Å². The van der Waals surface area contributed by atoms with Crippen LogP contribution in [0.2, 0.25) is 5.02 Å². The Balaban J connectivity index is 1.60. The number of fused-ring (bicyclic) bond motifs is 1. The number of halogens is 1. The van der Waals surface area contributed by atoms with Gasteiger partial charge in [0.1, 0.15) is 11.8 Å². The van der Waals surface area contributed by atoms with Crippen molar-refractivity contribution in [2.24, 2.45) is 5.92 Å². The number of carbonyl (C=O) groups is 2. The molecule has 1 saturated carbocycles. The normalized spacial score (nSPS) is 24.7. The van der Waals surface area contributed by atoms with Crippen LogP contribution in [0.15, 0.2) is 24.3 Å². The van der Waals surface area contributed by atoms with Crippen LogP contribution in [0.1, 0.15) is 76.2 Å². The number of hydrogen-bond acceptors (Lipinski definition) is 3. The van der Waals surface area contributed by atoms with Gasteiger partial charge in [-0.2, -0.15) is 0 Å². The summed E-state index contributed by atoms with van der Waals surface area (Å²) in [5.74, 6) is 0.131. The number of ether oxygens (including phenoxy) is 1. The number of ketones is 1. The van der Waals surface area contributed by atoms with Crippen molar-refractivity contribution >= 4 is 23.4 Å². The lowest BCUT2D eigenvalue weighted by Crippen LogP contribution is -2.21. The van der Waals surface area contributed by atoms with E-state index in [2.05, 4.69) is 11.9 Å². The maximum atomic E-state index is 12.8. The number of hydrogen-bond donors (Lipinski definition) is 1. The average molecular weight is 386 g/mol. The zero-order valence-electron chi connectivity index (χ0n) is 15.7. The Hall–Kier alpha value is -2.07. The second-order valence-electron chi connectivity index (χ2n) is 7.88. The van der Waals surface area contributed by atoms with E-state index in [4.69, 9.17) is 16.3 Å². The van der Waals surface area contributed by atoms with Gasteiger partial charge in [0, 0.05) is 22.7 Å². The number of esters is 1. The van der Waals surface area contributed by atoms with Gasteiger partial charge in [-0.3, -0.25) is 4.79 Å². The van der Waals surface area contributed by atoms with Gasteiger partial charge >= 0.3 is 5.97 Å². The number of benzene rings is 1. The topological polar surface area (TPSA) is 59.2 Å². The van der Waals surface area contributed by atoms with Crippen molar-refractivity contribution in [3.05, 3.63) is 57.4 Å². The van der Waals surface area contributed by atoms with Crippen LogP contribution in [-0.4, -0.2) is 22.8 Å². The number of aromatic nitrogens is 1. The number of Topliss-reactive ketones (excluding diaryl/α,β-unsaturated/α-hetero) is 1. The molecule has 0 bridgehead atoms. The number of nitrogens with one attached hydrogen (secondary N) is 1. The lowest BCUT2D eigenvalue weighted by atomic mass is 9.81. The average Bonchev–Trinajstić information content (AvgIpc) is 3.19. The van der Waals surface area contributed by atoms with Crippen LogP contribution in [0, 0.1) is 12.8 Å². The Kier molecular flexibility index (Phi) is 4.85. The van der Waals surface area contributed by atoms with E-state index in [9.17, 15) is 9.59 Å². The summed E-state index contributed by atoms with van der Waals surface area (Å²) in [4.78, 5) is 28.7. The third-order valence-electron chi connectivity index (χ3n) is 6.08. The second kappa shape index (κ2) is 7.16. The van der Waals surface area contributed by atoms with E-state index < -0.39 is 0 Å². The summed E-state index contributed by atoms with van der Waals surface area (Å²) in [6, 6.07) is 7.64. The molecule has 2 aliphatic carbocycles. The Morgan fingerprint density at radius 2 is 2.00 bits per heavy atom. The molecule has 3 atom stereocenters. The molecule has 3 unspecified atom stereocenters. The molecule has 142 valence electrons. The summed E-state index contributed by atoms with van der Waals surface area (Å²) < 4.78 is 5.73. The van der Waals surface area contributed by atoms with E-state index in [-0.39, 0.29) is 23.8 Å². The molecule has 5 heteroatoms. The maximum absolute atomic E-state index is 12.8. The van der Waals surface area contributed by atoms with E-state index >= 15 is 0 Å². The largest absolute Gasteiger partial charge is 0.457 e. The van der Waals surface area contributed by atoms with Gasteiger partial charge in [0.15, 0.2) is 5.78 Å². The zero-order chi connectivity index (χ0) is 19.1. The number of rotatable bonds is 3. The number of H-pyrrole nitrogens is 1. The minimum absolute atomic E-state index is 0.0236. The van der Waals surface area contributed by atoms with E-state index in [0.717, 1.165) is 30.5 Å². The Morgan fingerprint density at radius 1 is 1.22 bits per heavy atom. The summed E-state index contributed by atoms with van der Waals surface area (Å²) >= 11 is 6.33. The third-order valence-corrected chi connectivity index (χ3v) is 6.42. The van der Waals surface area contributed by atoms with Crippen molar-refractivity contribution in [2.75, 3.05) is 0 Å². The van der Waals surface area contributed by atoms with Crippen molar-refractivity contribution in [1.29, 1.82) is 0 Å². The molecule has 0 saturated heterocycles. The highest BCUT2D eigenvalue weighted by molar-refractivity contribution is 6.31. The van der Waals surface area contributed by atoms with Crippen molar-refractivity contribution in [3.8, 4) is 0 Å². The van der Waals surface area contributed by atoms with Gasteiger partial charge in [-0.25, -0.2) is 4.79 Å². The molecule has 1 aromatic heterocycles. The van der Waals surface area contributed by atoms with Crippen LogP contribution in [0.25, 0.3) is 0 Å². The monoisotopic (exact) mass is 385 g/mol. The molecule has 0 amide bonds. The molecule has 4 nitrogen and oxygen atoms in total. The van der Waals surface area contributed by atoms with E-state index in [0.29, 0.717) is 40.6 Å². The highest BCUT2D eigenvalue weighted by atomic mass is 35.5. The van der Waals surface area contributed by atoms with Crippen LogP contribution >= 0.6 is 11.6 Å². The van der Waals surface area contributed by atoms with Crippen LogP contribution in [-0.2, 0) is 11.2 Å². The lowest BCUT2D eigenvalue weighted by molar-refractivity contribution is 0.0219. The molecular weight excluding hydrogens is 362 g/mol. The van der Waals surface area contributed by atoms with Crippen molar-refractivity contribution in [1.82, 2.24) is 4.98 Å². The summed E-state index contributed by atoms with van der Waals surface area (Å²) in [5.41, 5.74) is 3.59. The first kappa shape index (κ1) is 18.3. The first-order chi connectivity index (χ1) is 13.0. The van der Waals surface area contributed by atoms with Gasteiger partial charge in [0.2, 0.25) is 0 Å². The molecule has 0 radical (unpaired) electrons. The quantitative estimate of drug-likeness (QED) is 0.735. The third kappa shape index (κ3) is 3.31. The fourth-order valence-corrected chi connectivity index (χ4v) is 4.84. The molecule has 4 rings (SSSR count). The van der Waals surface area contributed by atoms with Crippen molar-refractivity contribution in [2.45, 2.75) is 58.0 Å². The molecule has 27 heavy (non-hydrogen) atoms. The van der Waals surface area contributed by atoms with Gasteiger partial charge < -0.3 is 9.72 Å². The molecule has 2 aliphatic rings. The Morgan fingerprint density at radius 3 is 2.70 bits per heavy atom. The Bertz CT molecular complexity index is 901. The molecule has 2 aromatic rings. The fourth-order valence-electron chi connectivity index (χ4n) is 4.55. The minimum atomic E-state index is -0.345. The Labute approximate surface area is 164 Å². The van der Waals surface area contributed by atoms with Gasteiger partial charge in [0.25, 0.3) is 0 Å². The van der Waals surface area contributed by atoms with Crippen LogP contribution in [0.5, 0.6) is 0 Å². The highest BCUT2D eigenvalue weighted by Gasteiger charge is 2.34. The molecule has 1 heterocycles. The van der Waals surface area contributed by atoms with Gasteiger partial charge in [-0.1, -0.05) is 36.7 Å². The van der Waals surface area contributed by atoms with Crippen LogP contribution < -0.4 is 0 Å². The van der Waals surface area contributed by atoms with E-state index in [1.807, 2.05) is 31.2 Å². The zero-order valence-corrected chi connectivity index (χ0v) is 16.4. The van der Waals surface area contributed by atoms with Crippen molar-refractivity contribution in [3.63, 3.8) is 0 Å². The SMILES string of the molecule is Cc1c(C(=O)OC2CCCC2C)[nH]c2c1C(=O)CC(c1ccccc1Cl)C2. The summed E-state index contributed by atoms with van der Waals surface area (Å²) in [6.45, 7) is 3.95. The van der Waals surface area contributed by atoms with Crippen LogP contribution in [0.3, 0.4) is 0 Å². The summed E-state index contributed by atoms with van der Waals surface area (Å²) in [6.07, 6.45) is 4.15. The minimum Gasteiger partial charge on any atom is -0.457 e. The van der Waals surface area contributed by atoms with Crippen LogP contribution in [0.4, 0.5) is 0 Å². The predicted molar refractivity (Wildman–Crippen MR) is 105 cm³/mol. The number of aromatic amines is 1. The summed E-state index contributed by atoms with van der Waals surface area (Å²) in [5, 5.41) is 0.678. The maximum Gasteiger partial charge on any atom is 0.355 e.